The van der Waals surface area contributed by atoms with E-state index in [9.17, 15) is 13.2 Å². The molecule has 0 saturated carbocycles. The first-order valence-electron chi connectivity index (χ1n) is 1.51. The molecule has 0 aromatic carbocycles. The van der Waals surface area contributed by atoms with Crippen LogP contribution in [-0.4, -0.2) is 17.6 Å². The van der Waals surface area contributed by atoms with Crippen LogP contribution in [0.15, 0.2) is 5.10 Å². The fourth-order valence-electron chi connectivity index (χ4n) is 0.157. The van der Waals surface area contributed by atoms with Crippen molar-refractivity contribution in [1.82, 2.24) is 5.01 Å². The van der Waals surface area contributed by atoms with E-state index in [2.05, 4.69) is 5.10 Å². The minimum Gasteiger partial charge on any atom is -0.157 e. The van der Waals surface area contributed by atoms with Gasteiger partial charge in [0.1, 0.15) is 6.34 Å². The first-order chi connectivity index (χ1) is 3.11. The maximum absolute atomic E-state index is 11.0. The van der Waals surface area contributed by atoms with Crippen LogP contribution in [0.5, 0.6) is 0 Å². The van der Waals surface area contributed by atoms with Crippen LogP contribution in [0.1, 0.15) is 0 Å². The topological polar surface area (TPSA) is 15.4 Å². The molecule has 0 aliphatic carbocycles. The van der Waals surface area contributed by atoms with Gasteiger partial charge in [0.15, 0.2) is 0 Å². The summed E-state index contributed by atoms with van der Waals surface area (Å²) in [5.74, 6) is 0. The summed E-state index contributed by atoms with van der Waals surface area (Å²) in [6.45, 7) is 0. The van der Waals surface area contributed by atoms with Gasteiger partial charge >= 0.3 is 6.30 Å². The Bertz CT molecular complexity index is 98.0. The Morgan fingerprint density at radius 1 is 1.43 bits per heavy atom. The van der Waals surface area contributed by atoms with Crippen molar-refractivity contribution in [3.8, 4) is 0 Å². The molecule has 0 amide bonds. The molecule has 0 spiro atoms. The zero-order valence-electron chi connectivity index (χ0n) is 3.11. The van der Waals surface area contributed by atoms with Crippen molar-refractivity contribution in [2.24, 2.45) is 5.10 Å². The fourth-order valence-corrected chi connectivity index (χ4v) is 0.157. The van der Waals surface area contributed by atoms with Gasteiger partial charge in [0.2, 0.25) is 0 Å². The summed E-state index contributed by atoms with van der Waals surface area (Å²) in [4.78, 5) is 0. The third-order valence-corrected chi connectivity index (χ3v) is 0.491. The summed E-state index contributed by atoms with van der Waals surface area (Å²) in [6, 6.07) is 0. The molecule has 0 atom stereocenters. The lowest BCUT2D eigenvalue weighted by Gasteiger charge is -2.01. The van der Waals surface area contributed by atoms with Gasteiger partial charge < -0.3 is 0 Å². The first kappa shape index (κ1) is 4.42. The maximum atomic E-state index is 11.0. The number of hydrazone groups is 1. The number of alkyl halides is 3. The molecule has 2 nitrogen and oxygen atoms in total. The van der Waals surface area contributed by atoms with Crippen LogP contribution in [0.4, 0.5) is 13.2 Å². The van der Waals surface area contributed by atoms with Crippen LogP contribution in [-0.2, 0) is 0 Å². The van der Waals surface area contributed by atoms with Crippen LogP contribution in [0.2, 0.25) is 0 Å². The lowest BCUT2D eigenvalue weighted by molar-refractivity contribution is -0.200. The molecule has 0 aromatic heterocycles. The Morgan fingerprint density at radius 3 is 1.86 bits per heavy atom. The van der Waals surface area contributed by atoms with E-state index in [1.165, 1.54) is 0 Å². The third kappa shape index (κ3) is 0.819. The highest BCUT2D eigenvalue weighted by Gasteiger charge is 2.41. The normalized spacial score (nSPS) is 17.9. The van der Waals surface area contributed by atoms with Crippen molar-refractivity contribution in [2.75, 3.05) is 0 Å². The Hall–Kier alpha value is -0.740. The van der Waals surface area contributed by atoms with E-state index in [-0.39, 0.29) is 5.01 Å². The van der Waals surface area contributed by atoms with Crippen molar-refractivity contribution in [3.63, 3.8) is 0 Å². The van der Waals surface area contributed by atoms with Crippen molar-refractivity contribution >= 4 is 6.34 Å². The smallest absolute Gasteiger partial charge is 0.157 e. The predicted molar refractivity (Wildman–Crippen MR) is 16.4 cm³/mol. The zero-order chi connectivity index (χ0) is 5.49. The van der Waals surface area contributed by atoms with E-state index >= 15 is 0 Å². The zero-order valence-corrected chi connectivity index (χ0v) is 3.11. The molecule has 1 heterocycles. The summed E-state index contributed by atoms with van der Waals surface area (Å²) in [5, 5.41) is 2.69. The number of hydrogen-bond acceptors (Lipinski definition) is 2. The van der Waals surface area contributed by atoms with Crippen LogP contribution < -0.4 is 0 Å². The number of rotatable bonds is 0. The van der Waals surface area contributed by atoms with Gasteiger partial charge in [-0.1, -0.05) is 0 Å². The SMILES string of the molecule is FC(F)(F)N1C=N1. The molecule has 0 bridgehead atoms. The van der Waals surface area contributed by atoms with Gasteiger partial charge in [-0.3, -0.25) is 0 Å². The summed E-state index contributed by atoms with van der Waals surface area (Å²) >= 11 is 0. The lowest BCUT2D eigenvalue weighted by Crippen LogP contribution is -2.20. The molecule has 0 fully saturated rings. The highest BCUT2D eigenvalue weighted by molar-refractivity contribution is 5.65. The van der Waals surface area contributed by atoms with E-state index in [0.717, 1.165) is 0 Å². The van der Waals surface area contributed by atoms with Gasteiger partial charge in [-0.15, -0.1) is 13.2 Å². The fraction of sp³-hybridized carbons (Fsp3) is 0.500. The second kappa shape index (κ2) is 0.907. The highest BCUT2D eigenvalue weighted by atomic mass is 19.4. The van der Waals surface area contributed by atoms with E-state index < -0.39 is 6.30 Å². The van der Waals surface area contributed by atoms with Gasteiger partial charge in [0.05, 0.1) is 0 Å². The van der Waals surface area contributed by atoms with Gasteiger partial charge in [0.25, 0.3) is 0 Å². The Kier molecular flexibility index (Phi) is 0.573. The Balaban J connectivity index is 2.38. The molecule has 0 radical (unpaired) electrons. The van der Waals surface area contributed by atoms with Crippen LogP contribution in [0, 0.1) is 0 Å². The van der Waals surface area contributed by atoms with Gasteiger partial charge in [0, 0.05) is 0 Å². The summed E-state index contributed by atoms with van der Waals surface area (Å²) in [5.41, 5.74) is 0. The monoisotopic (exact) mass is 110 g/mol. The molecule has 1 aliphatic rings. The minimum absolute atomic E-state index is 0.0625. The summed E-state index contributed by atoms with van der Waals surface area (Å²) in [7, 11) is 0. The summed E-state index contributed by atoms with van der Waals surface area (Å²) in [6.07, 6.45) is -3.57. The predicted octanol–water partition coefficient (Wildman–Crippen LogP) is 0.765. The molecule has 0 unspecified atom stereocenters. The largest absolute Gasteiger partial charge is 0.506 e. The lowest BCUT2D eigenvalue weighted by atomic mass is 11.1. The van der Waals surface area contributed by atoms with Crippen LogP contribution in [0.3, 0.4) is 0 Å². The molecule has 40 valence electrons. The van der Waals surface area contributed by atoms with Crippen molar-refractivity contribution in [1.29, 1.82) is 0 Å². The first-order valence-corrected chi connectivity index (χ1v) is 1.51. The second-order valence-electron chi connectivity index (χ2n) is 1.04. The molecule has 7 heavy (non-hydrogen) atoms. The average Bonchev–Trinajstić information content (AvgIpc) is 1.99. The quantitative estimate of drug-likeness (QED) is 0.420. The molecule has 0 saturated heterocycles. The van der Waals surface area contributed by atoms with Crippen LogP contribution in [0.25, 0.3) is 0 Å². The standard InChI is InChI=1S/C2HF3N2/c3-2(4,5)7-1-6-7/h1H. The van der Waals surface area contributed by atoms with E-state index in [1.807, 2.05) is 0 Å². The molecular weight excluding hydrogens is 109 g/mol. The Labute approximate surface area is 37.2 Å². The van der Waals surface area contributed by atoms with Gasteiger partial charge in [-0.25, -0.2) is 0 Å². The van der Waals surface area contributed by atoms with Crippen LogP contribution >= 0.6 is 0 Å². The van der Waals surface area contributed by atoms with E-state index in [4.69, 9.17) is 0 Å². The second-order valence-corrected chi connectivity index (χ2v) is 1.04. The molecule has 0 N–H and O–H groups in total. The molecule has 5 heteroatoms. The minimum atomic E-state index is -4.28. The van der Waals surface area contributed by atoms with Crippen molar-refractivity contribution in [2.45, 2.75) is 6.30 Å². The number of nitrogens with zero attached hydrogens (tertiary/aromatic N) is 2. The third-order valence-electron chi connectivity index (χ3n) is 0.491. The molecule has 0 aromatic rings. The Morgan fingerprint density at radius 2 is 1.86 bits per heavy atom. The maximum Gasteiger partial charge on any atom is 0.506 e. The number of halogens is 3. The summed E-state index contributed by atoms with van der Waals surface area (Å²) < 4.78 is 33.1. The van der Waals surface area contributed by atoms with Gasteiger partial charge in [-0.05, 0) is 0 Å². The highest BCUT2D eigenvalue weighted by Crippen LogP contribution is 2.24. The van der Waals surface area contributed by atoms with E-state index in [0.29, 0.717) is 6.34 Å². The molecular formula is C2HF3N2. The van der Waals surface area contributed by atoms with Crippen molar-refractivity contribution in [3.05, 3.63) is 0 Å². The van der Waals surface area contributed by atoms with E-state index in [1.54, 1.807) is 0 Å². The average molecular weight is 110 g/mol. The molecule has 1 aliphatic heterocycles. The number of hydrogen-bond donors (Lipinski definition) is 0. The van der Waals surface area contributed by atoms with Crippen molar-refractivity contribution < 1.29 is 13.2 Å². The van der Waals surface area contributed by atoms with Gasteiger partial charge in [-0.2, -0.15) is 10.1 Å². The molecule has 1 rings (SSSR count).